The quantitative estimate of drug-likeness (QED) is 0.533. The molecule has 2 heterocycles. The molecule has 1 aliphatic rings. The summed E-state index contributed by atoms with van der Waals surface area (Å²) in [5.41, 5.74) is 0. The van der Waals surface area contributed by atoms with Gasteiger partial charge in [-0.05, 0) is 12.2 Å². The lowest BCUT2D eigenvalue weighted by Gasteiger charge is -2.14. The maximum absolute atomic E-state index is 10.1. The second-order valence-corrected chi connectivity index (χ2v) is 3.40. The zero-order valence-electron chi connectivity index (χ0n) is 6.86. The Morgan fingerprint density at radius 2 is 2.23 bits per heavy atom. The minimum atomic E-state index is 0.575. The summed E-state index contributed by atoms with van der Waals surface area (Å²) >= 11 is 1.51. The van der Waals surface area contributed by atoms with Crippen LogP contribution in [0, 0.1) is 0 Å². The highest BCUT2D eigenvalue weighted by Crippen LogP contribution is 2.39. The van der Waals surface area contributed by atoms with E-state index in [2.05, 4.69) is 0 Å². The number of hydrogen-bond donors (Lipinski definition) is 0. The molecule has 0 aromatic carbocycles. The van der Waals surface area contributed by atoms with Crippen LogP contribution < -0.4 is 9.47 Å². The summed E-state index contributed by atoms with van der Waals surface area (Å²) in [7, 11) is 0. The first kappa shape index (κ1) is 8.31. The summed E-state index contributed by atoms with van der Waals surface area (Å²) in [4.78, 5) is 11.0. The molecule has 0 spiro atoms. The predicted octanol–water partition coefficient (Wildman–Crippen LogP) is 1.73. The number of carbonyl (C=O) groups excluding carboxylic acids is 1. The summed E-state index contributed by atoms with van der Waals surface area (Å²) in [6, 6.07) is 0. The maximum Gasteiger partial charge on any atom is 0.179 e. The van der Waals surface area contributed by atoms with Crippen LogP contribution in [0.2, 0.25) is 0 Å². The van der Waals surface area contributed by atoms with Crippen LogP contribution >= 0.6 is 11.3 Å². The van der Waals surface area contributed by atoms with E-state index in [1.165, 1.54) is 17.4 Å². The number of ether oxygens (including phenoxy) is 2. The Morgan fingerprint density at radius 1 is 1.38 bits per heavy atom. The first-order chi connectivity index (χ1) is 6.42. The number of carbonyl (C=O) groups is 1. The number of aldehydes is 1. The topological polar surface area (TPSA) is 35.5 Å². The molecular formula is C9H8O3S. The zero-order chi connectivity index (χ0) is 9.10. The Morgan fingerprint density at radius 3 is 3.08 bits per heavy atom. The van der Waals surface area contributed by atoms with Gasteiger partial charge < -0.3 is 9.47 Å². The first-order valence-corrected chi connectivity index (χ1v) is 4.78. The van der Waals surface area contributed by atoms with Gasteiger partial charge in [0.25, 0.3) is 0 Å². The molecule has 4 heteroatoms. The van der Waals surface area contributed by atoms with E-state index < -0.39 is 0 Å². The van der Waals surface area contributed by atoms with E-state index in [1.807, 2.05) is 5.38 Å². The lowest BCUT2D eigenvalue weighted by molar-refractivity contribution is -0.104. The Bertz CT molecular complexity index is 341. The van der Waals surface area contributed by atoms with Crippen LogP contribution in [0.4, 0.5) is 0 Å². The Hall–Kier alpha value is -1.29. The highest BCUT2D eigenvalue weighted by molar-refractivity contribution is 7.11. The van der Waals surface area contributed by atoms with Gasteiger partial charge in [0.15, 0.2) is 11.5 Å². The van der Waals surface area contributed by atoms with Gasteiger partial charge in [-0.2, -0.15) is 0 Å². The van der Waals surface area contributed by atoms with E-state index in [1.54, 1.807) is 6.08 Å². The molecule has 1 aliphatic heterocycles. The van der Waals surface area contributed by atoms with Crippen molar-refractivity contribution < 1.29 is 14.3 Å². The van der Waals surface area contributed by atoms with Gasteiger partial charge in [-0.25, -0.2) is 0 Å². The standard InChI is InChI=1S/C9H8O3S/c10-3-1-2-8-9-7(6-13-8)11-4-5-12-9/h1-3,6H,4-5H2. The maximum atomic E-state index is 10.1. The van der Waals surface area contributed by atoms with Crippen molar-refractivity contribution in [2.75, 3.05) is 13.2 Å². The van der Waals surface area contributed by atoms with Crippen molar-refractivity contribution in [2.45, 2.75) is 0 Å². The largest absolute Gasteiger partial charge is 0.485 e. The first-order valence-electron chi connectivity index (χ1n) is 3.91. The second-order valence-electron chi connectivity index (χ2n) is 2.49. The number of allylic oxidation sites excluding steroid dienone is 1. The highest BCUT2D eigenvalue weighted by Gasteiger charge is 2.16. The van der Waals surface area contributed by atoms with Crippen LogP contribution in [0.3, 0.4) is 0 Å². The second kappa shape index (κ2) is 3.62. The van der Waals surface area contributed by atoms with Crippen molar-refractivity contribution in [3.8, 4) is 11.5 Å². The molecule has 0 aliphatic carbocycles. The summed E-state index contributed by atoms with van der Waals surface area (Å²) in [5, 5.41) is 1.89. The predicted molar refractivity (Wildman–Crippen MR) is 50.4 cm³/mol. The Balaban J connectivity index is 2.31. The molecular weight excluding hydrogens is 188 g/mol. The van der Waals surface area contributed by atoms with Crippen LogP contribution in [0.15, 0.2) is 11.5 Å². The van der Waals surface area contributed by atoms with Gasteiger partial charge in [-0.1, -0.05) is 0 Å². The fourth-order valence-electron chi connectivity index (χ4n) is 1.12. The number of thiophene rings is 1. The summed E-state index contributed by atoms with van der Waals surface area (Å²) < 4.78 is 10.8. The molecule has 0 bridgehead atoms. The van der Waals surface area contributed by atoms with Gasteiger partial charge in [-0.15, -0.1) is 11.3 Å². The molecule has 13 heavy (non-hydrogen) atoms. The summed E-state index contributed by atoms with van der Waals surface area (Å²) in [5.74, 6) is 1.54. The van der Waals surface area contributed by atoms with E-state index in [-0.39, 0.29) is 0 Å². The molecule has 2 rings (SSSR count). The molecule has 1 aromatic heterocycles. The van der Waals surface area contributed by atoms with Gasteiger partial charge in [0.1, 0.15) is 19.5 Å². The van der Waals surface area contributed by atoms with E-state index in [4.69, 9.17) is 9.47 Å². The minimum absolute atomic E-state index is 0.575. The smallest absolute Gasteiger partial charge is 0.179 e. The third-order valence-electron chi connectivity index (χ3n) is 1.65. The van der Waals surface area contributed by atoms with E-state index >= 15 is 0 Å². The van der Waals surface area contributed by atoms with Crippen LogP contribution in [0.1, 0.15) is 4.88 Å². The number of fused-ring (bicyclic) bond motifs is 1. The molecule has 0 unspecified atom stereocenters. The average molecular weight is 196 g/mol. The van der Waals surface area contributed by atoms with Crippen molar-refractivity contribution in [2.24, 2.45) is 0 Å². The van der Waals surface area contributed by atoms with E-state index in [0.29, 0.717) is 13.2 Å². The van der Waals surface area contributed by atoms with Gasteiger partial charge in [0, 0.05) is 5.38 Å². The molecule has 0 amide bonds. The normalized spacial score (nSPS) is 14.8. The Labute approximate surface area is 79.6 Å². The number of rotatable bonds is 2. The fourth-order valence-corrected chi connectivity index (χ4v) is 1.96. The molecule has 0 saturated carbocycles. The summed E-state index contributed by atoms with van der Waals surface area (Å²) in [6.07, 6.45) is 3.92. The zero-order valence-corrected chi connectivity index (χ0v) is 7.67. The van der Waals surface area contributed by atoms with Crippen molar-refractivity contribution >= 4 is 23.7 Å². The van der Waals surface area contributed by atoms with Gasteiger partial charge in [0.05, 0.1) is 4.88 Å². The van der Waals surface area contributed by atoms with E-state index in [0.717, 1.165) is 22.7 Å². The van der Waals surface area contributed by atoms with Crippen molar-refractivity contribution in [1.29, 1.82) is 0 Å². The molecule has 1 aromatic rings. The molecule has 0 fully saturated rings. The monoisotopic (exact) mass is 196 g/mol. The molecule has 0 radical (unpaired) electrons. The van der Waals surface area contributed by atoms with Gasteiger partial charge in [0.2, 0.25) is 0 Å². The van der Waals surface area contributed by atoms with Crippen LogP contribution in [0.5, 0.6) is 11.5 Å². The lowest BCUT2D eigenvalue weighted by atomic mass is 10.3. The van der Waals surface area contributed by atoms with Crippen LogP contribution in [-0.2, 0) is 4.79 Å². The highest BCUT2D eigenvalue weighted by atomic mass is 32.1. The van der Waals surface area contributed by atoms with Crippen molar-refractivity contribution in [1.82, 2.24) is 0 Å². The van der Waals surface area contributed by atoms with E-state index in [9.17, 15) is 4.79 Å². The minimum Gasteiger partial charge on any atom is -0.485 e. The van der Waals surface area contributed by atoms with Gasteiger partial charge in [-0.3, -0.25) is 4.79 Å². The molecule has 0 N–H and O–H groups in total. The van der Waals surface area contributed by atoms with Gasteiger partial charge >= 0.3 is 0 Å². The Kier molecular flexibility index (Phi) is 2.31. The number of hydrogen-bond acceptors (Lipinski definition) is 4. The third-order valence-corrected chi connectivity index (χ3v) is 2.56. The fraction of sp³-hybridized carbons (Fsp3) is 0.222. The van der Waals surface area contributed by atoms with Crippen molar-refractivity contribution in [3.05, 3.63) is 16.3 Å². The van der Waals surface area contributed by atoms with Crippen molar-refractivity contribution in [3.63, 3.8) is 0 Å². The molecule has 0 saturated heterocycles. The average Bonchev–Trinajstić information content (AvgIpc) is 2.58. The summed E-state index contributed by atoms with van der Waals surface area (Å²) in [6.45, 7) is 1.17. The lowest BCUT2D eigenvalue weighted by Crippen LogP contribution is -2.14. The molecule has 0 atom stereocenters. The SMILES string of the molecule is O=CC=Cc1scc2c1OCCO2. The molecule has 3 nitrogen and oxygen atoms in total. The van der Waals surface area contributed by atoms with Crippen LogP contribution in [-0.4, -0.2) is 19.5 Å². The molecule has 68 valence electrons. The third kappa shape index (κ3) is 1.58. The van der Waals surface area contributed by atoms with Crippen LogP contribution in [0.25, 0.3) is 6.08 Å².